The van der Waals surface area contributed by atoms with E-state index >= 15 is 0 Å². The number of hydrogen-bond donors (Lipinski definition) is 2. The molecule has 0 radical (unpaired) electrons. The van der Waals surface area contributed by atoms with Crippen molar-refractivity contribution in [1.82, 2.24) is 20.3 Å². The molecule has 1 aliphatic heterocycles. The summed E-state index contributed by atoms with van der Waals surface area (Å²) in [4.78, 5) is 15.4. The fraction of sp³-hybridized carbons (Fsp3) is 0.316. The highest BCUT2D eigenvalue weighted by Gasteiger charge is 2.19. The van der Waals surface area contributed by atoms with Crippen LogP contribution in [0, 0.1) is 0 Å². The van der Waals surface area contributed by atoms with E-state index in [-0.39, 0.29) is 0 Å². The summed E-state index contributed by atoms with van der Waals surface area (Å²) in [5.41, 5.74) is 9.51. The lowest BCUT2D eigenvalue weighted by atomic mass is 10.1. The number of hydrogen-bond acceptors (Lipinski definition) is 6. The van der Waals surface area contributed by atoms with Gasteiger partial charge >= 0.3 is 0 Å². The molecule has 2 aromatic heterocycles. The summed E-state index contributed by atoms with van der Waals surface area (Å²) in [6.07, 6.45) is 5.56. The maximum absolute atomic E-state index is 5.98. The van der Waals surface area contributed by atoms with E-state index in [9.17, 15) is 0 Å². The predicted octanol–water partition coefficient (Wildman–Crippen LogP) is 1.93. The molecule has 0 unspecified atom stereocenters. The van der Waals surface area contributed by atoms with E-state index in [1.165, 1.54) is 16.5 Å². The monoisotopic (exact) mass is 334 g/mol. The van der Waals surface area contributed by atoms with Gasteiger partial charge in [-0.1, -0.05) is 18.2 Å². The molecule has 0 bridgehead atoms. The summed E-state index contributed by atoms with van der Waals surface area (Å²) >= 11 is 0. The molecule has 0 aliphatic carbocycles. The molecule has 0 saturated carbocycles. The molecule has 0 atom stereocenters. The summed E-state index contributed by atoms with van der Waals surface area (Å²) in [5.74, 6) is 1.29. The van der Waals surface area contributed by atoms with E-state index in [0.717, 1.165) is 49.4 Å². The van der Waals surface area contributed by atoms with Crippen LogP contribution in [-0.4, -0.2) is 35.1 Å². The van der Waals surface area contributed by atoms with Crippen molar-refractivity contribution in [3.63, 3.8) is 0 Å². The second-order valence-electron chi connectivity index (χ2n) is 6.45. The molecule has 6 heteroatoms. The molecular formula is C19H22N6. The summed E-state index contributed by atoms with van der Waals surface area (Å²) in [6.45, 7) is 2.64. The van der Waals surface area contributed by atoms with Crippen molar-refractivity contribution in [2.45, 2.75) is 19.4 Å². The second kappa shape index (κ2) is 6.64. The molecule has 1 aliphatic rings. The fourth-order valence-electron chi connectivity index (χ4n) is 3.52. The zero-order chi connectivity index (χ0) is 17.2. The molecule has 128 valence electrons. The highest BCUT2D eigenvalue weighted by atomic mass is 15.2. The van der Waals surface area contributed by atoms with Gasteiger partial charge in [-0.25, -0.2) is 4.98 Å². The van der Waals surface area contributed by atoms with Crippen LogP contribution in [0.15, 0.2) is 36.7 Å². The highest BCUT2D eigenvalue weighted by Crippen LogP contribution is 2.26. The van der Waals surface area contributed by atoms with E-state index in [4.69, 9.17) is 5.73 Å². The Morgan fingerprint density at radius 1 is 1.16 bits per heavy atom. The van der Waals surface area contributed by atoms with Crippen molar-refractivity contribution in [3.8, 4) is 0 Å². The average Bonchev–Trinajstić information content (AvgIpc) is 2.86. The number of fused-ring (bicyclic) bond motifs is 2. The van der Waals surface area contributed by atoms with Gasteiger partial charge in [-0.3, -0.25) is 4.98 Å². The van der Waals surface area contributed by atoms with Crippen LogP contribution < -0.4 is 16.0 Å². The Hall–Kier alpha value is -2.73. The molecule has 3 aromatic rings. The Morgan fingerprint density at radius 3 is 2.96 bits per heavy atom. The van der Waals surface area contributed by atoms with Gasteiger partial charge in [-0.2, -0.15) is 4.98 Å². The third-order valence-corrected chi connectivity index (χ3v) is 4.72. The summed E-state index contributed by atoms with van der Waals surface area (Å²) in [7, 11) is 2.07. The second-order valence-corrected chi connectivity index (χ2v) is 6.45. The van der Waals surface area contributed by atoms with Gasteiger partial charge in [0.25, 0.3) is 0 Å². The Labute approximate surface area is 147 Å². The maximum atomic E-state index is 5.98. The van der Waals surface area contributed by atoms with Crippen LogP contribution in [0.4, 0.5) is 11.8 Å². The van der Waals surface area contributed by atoms with Gasteiger partial charge in [0.15, 0.2) is 0 Å². The Balaban J connectivity index is 1.71. The maximum Gasteiger partial charge on any atom is 0.222 e. The van der Waals surface area contributed by atoms with Gasteiger partial charge in [0, 0.05) is 49.9 Å². The quantitative estimate of drug-likeness (QED) is 0.762. The largest absolute Gasteiger partial charge is 0.368 e. The van der Waals surface area contributed by atoms with Crippen LogP contribution in [0.5, 0.6) is 0 Å². The fourth-order valence-corrected chi connectivity index (χ4v) is 3.52. The van der Waals surface area contributed by atoms with Crippen molar-refractivity contribution in [2.24, 2.45) is 0 Å². The van der Waals surface area contributed by atoms with Crippen molar-refractivity contribution < 1.29 is 0 Å². The topological polar surface area (TPSA) is 80.0 Å². The van der Waals surface area contributed by atoms with Gasteiger partial charge in [0.2, 0.25) is 5.95 Å². The highest BCUT2D eigenvalue weighted by molar-refractivity contribution is 5.85. The number of nitrogen functional groups attached to an aromatic ring is 1. The standard InChI is InChI=1S/C19H22N6/c1-25(12-14-4-2-3-13-11-22-9-5-15(13)14)18-16-6-8-21-10-7-17(16)23-19(20)24-18/h2-5,9,11,21H,6-8,10,12H2,1H3,(H2,20,23,24). The van der Waals surface area contributed by atoms with Crippen LogP contribution in [0.1, 0.15) is 16.8 Å². The Kier molecular flexibility index (Phi) is 4.19. The number of nitrogens with one attached hydrogen (secondary N) is 1. The number of pyridine rings is 1. The summed E-state index contributed by atoms with van der Waals surface area (Å²) in [5, 5.41) is 5.79. The van der Waals surface area contributed by atoms with Gasteiger partial charge in [0.05, 0.1) is 5.69 Å². The van der Waals surface area contributed by atoms with Crippen molar-refractivity contribution in [2.75, 3.05) is 30.8 Å². The third kappa shape index (κ3) is 3.13. The number of anilines is 2. The lowest BCUT2D eigenvalue weighted by Crippen LogP contribution is -2.22. The van der Waals surface area contributed by atoms with Gasteiger partial charge in [0.1, 0.15) is 5.82 Å². The third-order valence-electron chi connectivity index (χ3n) is 4.72. The van der Waals surface area contributed by atoms with Crippen molar-refractivity contribution in [3.05, 3.63) is 53.5 Å². The average molecular weight is 334 g/mol. The molecule has 3 heterocycles. The van der Waals surface area contributed by atoms with E-state index in [2.05, 4.69) is 56.5 Å². The normalized spacial score (nSPS) is 14.1. The van der Waals surface area contributed by atoms with Crippen LogP contribution in [0.25, 0.3) is 10.8 Å². The molecule has 4 rings (SSSR count). The van der Waals surface area contributed by atoms with Gasteiger partial charge < -0.3 is 16.0 Å². The number of benzene rings is 1. The lowest BCUT2D eigenvalue weighted by molar-refractivity contribution is 0.708. The first-order valence-electron chi connectivity index (χ1n) is 8.61. The van der Waals surface area contributed by atoms with Crippen LogP contribution in [0.3, 0.4) is 0 Å². The summed E-state index contributed by atoms with van der Waals surface area (Å²) in [6, 6.07) is 8.39. The SMILES string of the molecule is CN(Cc1cccc2cnccc12)c1nc(N)nc2c1CCNCC2. The first-order valence-corrected chi connectivity index (χ1v) is 8.61. The Bertz CT molecular complexity index is 902. The first-order chi connectivity index (χ1) is 12.2. The van der Waals surface area contributed by atoms with E-state index in [1.807, 2.05) is 12.4 Å². The molecule has 0 fully saturated rings. The van der Waals surface area contributed by atoms with Crippen LogP contribution in [0.2, 0.25) is 0 Å². The molecular weight excluding hydrogens is 312 g/mol. The first kappa shape index (κ1) is 15.8. The molecule has 25 heavy (non-hydrogen) atoms. The smallest absolute Gasteiger partial charge is 0.222 e. The molecule has 3 N–H and O–H groups in total. The van der Waals surface area contributed by atoms with E-state index in [1.54, 1.807) is 0 Å². The molecule has 6 nitrogen and oxygen atoms in total. The van der Waals surface area contributed by atoms with E-state index < -0.39 is 0 Å². The number of nitrogens with zero attached hydrogens (tertiary/aromatic N) is 4. The zero-order valence-corrected chi connectivity index (χ0v) is 14.4. The van der Waals surface area contributed by atoms with Crippen molar-refractivity contribution >= 4 is 22.5 Å². The predicted molar refractivity (Wildman–Crippen MR) is 101 cm³/mol. The zero-order valence-electron chi connectivity index (χ0n) is 14.4. The van der Waals surface area contributed by atoms with E-state index in [0.29, 0.717) is 5.95 Å². The number of rotatable bonds is 3. The molecule has 0 amide bonds. The van der Waals surface area contributed by atoms with Gasteiger partial charge in [-0.05, 0) is 30.0 Å². The number of nitrogens with two attached hydrogens (primary N) is 1. The minimum absolute atomic E-state index is 0.351. The van der Waals surface area contributed by atoms with Gasteiger partial charge in [-0.15, -0.1) is 0 Å². The van der Waals surface area contributed by atoms with Crippen LogP contribution in [-0.2, 0) is 19.4 Å². The number of aromatic nitrogens is 3. The molecule has 1 aromatic carbocycles. The molecule has 0 spiro atoms. The minimum atomic E-state index is 0.351. The lowest BCUT2D eigenvalue weighted by Gasteiger charge is -2.23. The minimum Gasteiger partial charge on any atom is -0.368 e. The summed E-state index contributed by atoms with van der Waals surface area (Å²) < 4.78 is 0. The van der Waals surface area contributed by atoms with Crippen molar-refractivity contribution in [1.29, 1.82) is 0 Å². The Morgan fingerprint density at radius 2 is 2.04 bits per heavy atom. The van der Waals surface area contributed by atoms with Crippen LogP contribution >= 0.6 is 0 Å². The molecule has 0 saturated heterocycles.